The monoisotopic (exact) mass is 376 g/mol. The number of nitro benzene ring substituents is 6. The van der Waals surface area contributed by atoms with Crippen molar-refractivity contribution in [2.75, 3.05) is 0 Å². The van der Waals surface area contributed by atoms with Gasteiger partial charge in [0.05, 0.1) is 29.5 Å². The molecule has 0 saturated carbocycles. The average Bonchev–Trinajstić information content (AvgIpc) is 2.52. The molecule has 1 aromatic carbocycles. The van der Waals surface area contributed by atoms with Gasteiger partial charge < -0.3 is 0 Å². The Morgan fingerprint density at radius 1 is 0.385 bits per heavy atom. The molecule has 0 aromatic heterocycles. The fourth-order valence-corrected chi connectivity index (χ4v) is 1.71. The SMILES string of the molecule is C=C.O=[N+]([O-])c1c([N+](=O)[O-])c([N+](=O)[O-])c([N+](=O)[O-])c([N+](=O)[O-])c1[N+](=O)[O-]. The van der Waals surface area contributed by atoms with Crippen LogP contribution in [-0.2, 0) is 0 Å². The molecule has 1 rings (SSSR count). The van der Waals surface area contributed by atoms with Crippen molar-refractivity contribution in [3.8, 4) is 0 Å². The zero-order chi connectivity index (χ0) is 20.9. The molecule has 1 aromatic rings. The number of nitro groups is 6. The van der Waals surface area contributed by atoms with Gasteiger partial charge in [-0.15, -0.1) is 13.2 Å². The minimum Gasteiger partial charge on any atom is -0.258 e. The Kier molecular flexibility index (Phi) is 6.37. The maximum absolute atomic E-state index is 10.9. The van der Waals surface area contributed by atoms with Crippen molar-refractivity contribution < 1.29 is 29.5 Å². The minimum absolute atomic E-state index is 1.85. The first kappa shape index (κ1) is 21.4. The molecule has 0 saturated heterocycles. The summed E-state index contributed by atoms with van der Waals surface area (Å²) >= 11 is 0. The van der Waals surface area contributed by atoms with Crippen molar-refractivity contribution in [1.82, 2.24) is 0 Å². The summed E-state index contributed by atoms with van der Waals surface area (Å²) < 4.78 is 0. The molecule has 26 heavy (non-hydrogen) atoms. The molecule has 0 amide bonds. The number of benzene rings is 1. The second-order valence-corrected chi connectivity index (χ2v) is 3.63. The third kappa shape index (κ3) is 3.47. The van der Waals surface area contributed by atoms with Crippen LogP contribution in [0.2, 0.25) is 0 Å². The summed E-state index contributed by atoms with van der Waals surface area (Å²) in [7, 11) is 0. The minimum atomic E-state index is -2.21. The van der Waals surface area contributed by atoms with Gasteiger partial charge in [-0.1, -0.05) is 0 Å². The predicted octanol–water partition coefficient (Wildman–Crippen LogP) is 1.94. The van der Waals surface area contributed by atoms with Gasteiger partial charge in [0.2, 0.25) is 0 Å². The zero-order valence-electron chi connectivity index (χ0n) is 12.0. The van der Waals surface area contributed by atoms with Gasteiger partial charge in [0.15, 0.2) is 0 Å². The van der Waals surface area contributed by atoms with Crippen LogP contribution < -0.4 is 0 Å². The summed E-state index contributed by atoms with van der Waals surface area (Å²) in [6.45, 7) is 6.00. The molecule has 0 bridgehead atoms. The first-order chi connectivity index (χ1) is 11.9. The maximum Gasteiger partial charge on any atom is 0.438 e. The molecule has 0 heterocycles. The van der Waals surface area contributed by atoms with E-state index >= 15 is 0 Å². The largest absolute Gasteiger partial charge is 0.438 e. The summed E-state index contributed by atoms with van der Waals surface area (Å²) in [6, 6.07) is 0. The van der Waals surface area contributed by atoms with Crippen molar-refractivity contribution in [1.29, 1.82) is 0 Å². The molecule has 18 heteroatoms. The Hall–Kier alpha value is -4.64. The highest BCUT2D eigenvalue weighted by Crippen LogP contribution is 2.55. The number of nitrogens with zero attached hydrogens (tertiary/aromatic N) is 6. The Balaban J connectivity index is 0.00000301. The lowest BCUT2D eigenvalue weighted by Crippen LogP contribution is -2.11. The normalized spacial score (nSPS) is 9.38. The van der Waals surface area contributed by atoms with Crippen LogP contribution in [0.4, 0.5) is 34.1 Å². The molecule has 0 radical (unpaired) electrons. The van der Waals surface area contributed by atoms with Crippen molar-refractivity contribution in [2.45, 2.75) is 0 Å². The molecule has 0 aliphatic carbocycles. The molecule has 0 fully saturated rings. The highest BCUT2D eigenvalue weighted by molar-refractivity contribution is 5.91. The lowest BCUT2D eigenvalue weighted by Gasteiger charge is -2.01. The summed E-state index contributed by atoms with van der Waals surface area (Å²) in [5, 5.41) is 65.2. The fourth-order valence-electron chi connectivity index (χ4n) is 1.71. The third-order valence-corrected chi connectivity index (χ3v) is 2.44. The maximum atomic E-state index is 10.9. The van der Waals surface area contributed by atoms with Crippen LogP contribution in [0.5, 0.6) is 0 Å². The van der Waals surface area contributed by atoms with Gasteiger partial charge >= 0.3 is 34.1 Å². The van der Waals surface area contributed by atoms with Crippen molar-refractivity contribution in [2.24, 2.45) is 0 Å². The van der Waals surface area contributed by atoms with Crippen LogP contribution >= 0.6 is 0 Å². The lowest BCUT2D eigenvalue weighted by atomic mass is 10.1. The molecule has 138 valence electrons. The number of hydrogen-bond donors (Lipinski definition) is 0. The van der Waals surface area contributed by atoms with E-state index in [1.807, 2.05) is 0 Å². The van der Waals surface area contributed by atoms with Gasteiger partial charge in [-0.3, -0.25) is 60.7 Å². The fraction of sp³-hybridized carbons (Fsp3) is 0. The Morgan fingerprint density at radius 2 is 0.462 bits per heavy atom. The lowest BCUT2D eigenvalue weighted by molar-refractivity contribution is -0.474. The summed E-state index contributed by atoms with van der Waals surface area (Å²) in [4.78, 5) is 54.1. The molecule has 0 aliphatic rings. The van der Waals surface area contributed by atoms with Gasteiger partial charge in [-0.05, 0) is 0 Å². The molecule has 0 unspecified atom stereocenters. The van der Waals surface area contributed by atoms with Crippen LogP contribution in [0, 0.1) is 60.7 Å². The smallest absolute Gasteiger partial charge is 0.258 e. The molecular formula is C8H4N6O12. The van der Waals surface area contributed by atoms with Gasteiger partial charge in [0.25, 0.3) is 0 Å². The predicted molar refractivity (Wildman–Crippen MR) is 77.6 cm³/mol. The van der Waals surface area contributed by atoms with Crippen molar-refractivity contribution >= 4 is 34.1 Å². The highest BCUT2D eigenvalue weighted by Gasteiger charge is 2.59. The molecule has 18 nitrogen and oxygen atoms in total. The second kappa shape index (κ2) is 7.76. The highest BCUT2D eigenvalue weighted by atomic mass is 16.7. The van der Waals surface area contributed by atoms with Crippen LogP contribution in [-0.4, -0.2) is 29.5 Å². The van der Waals surface area contributed by atoms with Gasteiger partial charge in [-0.2, -0.15) is 0 Å². The standard InChI is InChI=1S/C6N6O12.C2H4/c13-7(14)1-2(8(15)16)4(10(19)20)6(12(23)24)5(11(21)22)3(1)9(17)18;1-2/h;1-2H2. The molecule has 0 atom stereocenters. The quantitative estimate of drug-likeness (QED) is 0.391. The summed E-state index contributed by atoms with van der Waals surface area (Å²) in [6.07, 6.45) is 0. The van der Waals surface area contributed by atoms with E-state index in [4.69, 9.17) is 0 Å². The van der Waals surface area contributed by atoms with Gasteiger partial charge in [-0.25, -0.2) is 0 Å². The van der Waals surface area contributed by atoms with E-state index in [9.17, 15) is 60.7 Å². The second-order valence-electron chi connectivity index (χ2n) is 3.63. The number of rotatable bonds is 6. The zero-order valence-corrected chi connectivity index (χ0v) is 12.0. The molecule has 0 spiro atoms. The van der Waals surface area contributed by atoms with E-state index in [-0.39, 0.29) is 0 Å². The van der Waals surface area contributed by atoms with Crippen LogP contribution in [0.3, 0.4) is 0 Å². The van der Waals surface area contributed by atoms with E-state index in [1.165, 1.54) is 0 Å². The number of hydrogen-bond acceptors (Lipinski definition) is 12. The van der Waals surface area contributed by atoms with Gasteiger partial charge in [0.1, 0.15) is 0 Å². The summed E-state index contributed by atoms with van der Waals surface area (Å²) in [5.41, 5.74) is -13.3. The Morgan fingerprint density at radius 3 is 0.500 bits per heavy atom. The van der Waals surface area contributed by atoms with Crippen LogP contribution in [0.15, 0.2) is 13.2 Å². The first-order valence-electron chi connectivity index (χ1n) is 5.53. The Bertz CT molecular complexity index is 664. The first-order valence-corrected chi connectivity index (χ1v) is 5.53. The van der Waals surface area contributed by atoms with Crippen LogP contribution in [0.25, 0.3) is 0 Å². The topological polar surface area (TPSA) is 259 Å². The Labute approximate surface area is 138 Å². The third-order valence-electron chi connectivity index (χ3n) is 2.44. The van der Waals surface area contributed by atoms with E-state index in [0.717, 1.165) is 0 Å². The average molecular weight is 376 g/mol. The van der Waals surface area contributed by atoms with E-state index in [2.05, 4.69) is 13.2 Å². The van der Waals surface area contributed by atoms with Gasteiger partial charge in [0, 0.05) is 0 Å². The van der Waals surface area contributed by atoms with E-state index in [1.54, 1.807) is 0 Å². The molecular weight excluding hydrogens is 372 g/mol. The van der Waals surface area contributed by atoms with E-state index < -0.39 is 63.7 Å². The van der Waals surface area contributed by atoms with Crippen molar-refractivity contribution in [3.05, 3.63) is 73.8 Å². The van der Waals surface area contributed by atoms with Crippen LogP contribution in [0.1, 0.15) is 0 Å². The molecule has 0 aliphatic heterocycles. The summed E-state index contributed by atoms with van der Waals surface area (Å²) in [5.74, 6) is 0. The molecule has 0 N–H and O–H groups in total. The van der Waals surface area contributed by atoms with E-state index in [0.29, 0.717) is 0 Å². The van der Waals surface area contributed by atoms with Crippen molar-refractivity contribution in [3.63, 3.8) is 0 Å².